The van der Waals surface area contributed by atoms with E-state index < -0.39 is 5.38 Å². The minimum absolute atomic E-state index is 0.106. The first-order valence-corrected chi connectivity index (χ1v) is 5.92. The lowest BCUT2D eigenvalue weighted by molar-refractivity contribution is -0.120. The van der Waals surface area contributed by atoms with E-state index >= 15 is 0 Å². The van der Waals surface area contributed by atoms with Gasteiger partial charge in [0.2, 0.25) is 5.91 Å². The molecule has 0 bridgehead atoms. The highest BCUT2D eigenvalue weighted by Gasteiger charge is 2.07. The van der Waals surface area contributed by atoms with Crippen molar-refractivity contribution in [1.29, 1.82) is 0 Å². The zero-order valence-corrected chi connectivity index (χ0v) is 10.8. The number of carbonyl (C=O) groups excluding carboxylic acids is 1. The van der Waals surface area contributed by atoms with Crippen LogP contribution in [0, 0.1) is 13.8 Å². The highest BCUT2D eigenvalue weighted by molar-refractivity contribution is 6.30. The summed E-state index contributed by atoms with van der Waals surface area (Å²) in [5, 5.41) is 2.34. The SMILES string of the molecule is Cc1ccc(CCNC(=O)C(C)Cl)cc1C. The molecule has 0 aromatic heterocycles. The fraction of sp³-hybridized carbons (Fsp3) is 0.462. The molecule has 1 rings (SSSR count). The molecule has 16 heavy (non-hydrogen) atoms. The van der Waals surface area contributed by atoms with Crippen molar-refractivity contribution >= 4 is 17.5 Å². The van der Waals surface area contributed by atoms with Gasteiger partial charge in [-0.2, -0.15) is 0 Å². The number of halogens is 1. The Morgan fingerprint density at radius 2 is 2.06 bits per heavy atom. The summed E-state index contributed by atoms with van der Waals surface area (Å²) in [7, 11) is 0. The number of nitrogens with one attached hydrogen (secondary N) is 1. The molecule has 0 saturated heterocycles. The molecule has 1 aromatic rings. The molecule has 88 valence electrons. The minimum Gasteiger partial charge on any atom is -0.354 e. The lowest BCUT2D eigenvalue weighted by Crippen LogP contribution is -2.31. The van der Waals surface area contributed by atoms with Gasteiger partial charge in [-0.15, -0.1) is 11.6 Å². The van der Waals surface area contributed by atoms with E-state index in [1.165, 1.54) is 16.7 Å². The van der Waals surface area contributed by atoms with Gasteiger partial charge >= 0.3 is 0 Å². The third-order valence-electron chi connectivity index (χ3n) is 2.65. The molecular weight excluding hydrogens is 222 g/mol. The van der Waals surface area contributed by atoms with Gasteiger partial charge in [-0.05, 0) is 43.9 Å². The highest BCUT2D eigenvalue weighted by Crippen LogP contribution is 2.09. The van der Waals surface area contributed by atoms with E-state index in [4.69, 9.17) is 11.6 Å². The zero-order chi connectivity index (χ0) is 12.1. The Hall–Kier alpha value is -1.02. The Labute approximate surface area is 102 Å². The van der Waals surface area contributed by atoms with Crippen LogP contribution >= 0.6 is 11.6 Å². The van der Waals surface area contributed by atoms with Crippen LogP contribution in [0.1, 0.15) is 23.6 Å². The molecule has 3 heteroatoms. The van der Waals surface area contributed by atoms with Crippen molar-refractivity contribution in [1.82, 2.24) is 5.32 Å². The fourth-order valence-electron chi connectivity index (χ4n) is 1.43. The highest BCUT2D eigenvalue weighted by atomic mass is 35.5. The predicted molar refractivity (Wildman–Crippen MR) is 67.9 cm³/mol. The van der Waals surface area contributed by atoms with Crippen LogP contribution in [-0.2, 0) is 11.2 Å². The molecule has 0 saturated carbocycles. The summed E-state index contributed by atoms with van der Waals surface area (Å²) >= 11 is 5.64. The second-order valence-electron chi connectivity index (χ2n) is 4.08. The molecule has 0 radical (unpaired) electrons. The van der Waals surface area contributed by atoms with Crippen LogP contribution in [0.5, 0.6) is 0 Å². The molecule has 1 N–H and O–H groups in total. The van der Waals surface area contributed by atoms with Crippen LogP contribution in [0.25, 0.3) is 0 Å². The number of hydrogen-bond donors (Lipinski definition) is 1. The Morgan fingerprint density at radius 1 is 1.38 bits per heavy atom. The summed E-state index contributed by atoms with van der Waals surface area (Å²) in [6.45, 7) is 6.50. The van der Waals surface area contributed by atoms with E-state index in [1.807, 2.05) is 0 Å². The molecule has 0 aliphatic carbocycles. The Kier molecular flexibility index (Phi) is 4.81. The lowest BCUT2D eigenvalue weighted by Gasteiger charge is -2.08. The van der Waals surface area contributed by atoms with Crippen LogP contribution in [0.15, 0.2) is 18.2 Å². The Morgan fingerprint density at radius 3 is 2.62 bits per heavy atom. The number of rotatable bonds is 4. The van der Waals surface area contributed by atoms with E-state index in [2.05, 4.69) is 37.4 Å². The maximum Gasteiger partial charge on any atom is 0.237 e. The second kappa shape index (κ2) is 5.90. The van der Waals surface area contributed by atoms with Crippen LogP contribution in [-0.4, -0.2) is 17.8 Å². The number of carbonyl (C=O) groups is 1. The number of benzene rings is 1. The molecule has 0 aliphatic rings. The summed E-state index contributed by atoms with van der Waals surface area (Å²) in [6, 6.07) is 6.36. The molecule has 1 aromatic carbocycles. The maximum atomic E-state index is 11.2. The Balaban J connectivity index is 2.43. The van der Waals surface area contributed by atoms with Gasteiger partial charge in [0.25, 0.3) is 0 Å². The summed E-state index contributed by atoms with van der Waals surface area (Å²) in [4.78, 5) is 11.2. The van der Waals surface area contributed by atoms with Crippen LogP contribution < -0.4 is 5.32 Å². The van der Waals surface area contributed by atoms with Crippen molar-refractivity contribution in [2.24, 2.45) is 0 Å². The van der Waals surface area contributed by atoms with Gasteiger partial charge in [0.05, 0.1) is 0 Å². The average Bonchev–Trinajstić information content (AvgIpc) is 2.23. The van der Waals surface area contributed by atoms with E-state index in [0.717, 1.165) is 6.42 Å². The number of hydrogen-bond acceptors (Lipinski definition) is 1. The predicted octanol–water partition coefficient (Wildman–Crippen LogP) is 2.59. The first-order chi connectivity index (χ1) is 7.50. The largest absolute Gasteiger partial charge is 0.354 e. The van der Waals surface area contributed by atoms with Gasteiger partial charge in [-0.25, -0.2) is 0 Å². The van der Waals surface area contributed by atoms with Crippen LogP contribution in [0.3, 0.4) is 0 Å². The van der Waals surface area contributed by atoms with Crippen molar-refractivity contribution in [2.45, 2.75) is 32.6 Å². The van der Waals surface area contributed by atoms with Crippen molar-refractivity contribution in [3.63, 3.8) is 0 Å². The number of amides is 1. The molecule has 0 aliphatic heterocycles. The maximum absolute atomic E-state index is 11.2. The molecule has 0 heterocycles. The Bertz CT molecular complexity index is 374. The summed E-state index contributed by atoms with van der Waals surface area (Å²) in [5.41, 5.74) is 3.82. The third kappa shape index (κ3) is 3.86. The van der Waals surface area contributed by atoms with Gasteiger partial charge in [0.15, 0.2) is 0 Å². The number of aryl methyl sites for hydroxylation is 2. The van der Waals surface area contributed by atoms with E-state index in [0.29, 0.717) is 6.54 Å². The lowest BCUT2D eigenvalue weighted by atomic mass is 10.0. The zero-order valence-electron chi connectivity index (χ0n) is 10.0. The van der Waals surface area contributed by atoms with Gasteiger partial charge in [0, 0.05) is 6.54 Å². The van der Waals surface area contributed by atoms with Crippen molar-refractivity contribution in [2.75, 3.05) is 6.54 Å². The van der Waals surface area contributed by atoms with Gasteiger partial charge < -0.3 is 5.32 Å². The smallest absolute Gasteiger partial charge is 0.237 e. The first kappa shape index (κ1) is 13.0. The molecule has 1 amide bonds. The second-order valence-corrected chi connectivity index (χ2v) is 4.73. The summed E-state index contributed by atoms with van der Waals surface area (Å²) in [6.07, 6.45) is 0.844. The molecule has 2 nitrogen and oxygen atoms in total. The molecule has 1 unspecified atom stereocenters. The molecule has 1 atom stereocenters. The van der Waals surface area contributed by atoms with Crippen LogP contribution in [0.4, 0.5) is 0 Å². The topological polar surface area (TPSA) is 29.1 Å². The average molecular weight is 240 g/mol. The quantitative estimate of drug-likeness (QED) is 0.804. The van der Waals surface area contributed by atoms with Crippen molar-refractivity contribution in [3.05, 3.63) is 34.9 Å². The van der Waals surface area contributed by atoms with Gasteiger partial charge in [-0.1, -0.05) is 18.2 Å². The normalized spacial score (nSPS) is 12.2. The monoisotopic (exact) mass is 239 g/mol. The fourth-order valence-corrected chi connectivity index (χ4v) is 1.51. The van der Waals surface area contributed by atoms with Crippen molar-refractivity contribution < 1.29 is 4.79 Å². The van der Waals surface area contributed by atoms with E-state index in [1.54, 1.807) is 6.92 Å². The molecule has 0 spiro atoms. The summed E-state index contributed by atoms with van der Waals surface area (Å²) in [5.74, 6) is -0.106. The third-order valence-corrected chi connectivity index (χ3v) is 2.84. The van der Waals surface area contributed by atoms with Gasteiger partial charge in [0.1, 0.15) is 5.38 Å². The van der Waals surface area contributed by atoms with E-state index in [9.17, 15) is 4.79 Å². The minimum atomic E-state index is -0.459. The van der Waals surface area contributed by atoms with E-state index in [-0.39, 0.29) is 5.91 Å². The van der Waals surface area contributed by atoms with Gasteiger partial charge in [-0.3, -0.25) is 4.79 Å². The first-order valence-electron chi connectivity index (χ1n) is 5.48. The standard InChI is InChI=1S/C13H18ClNO/c1-9-4-5-12(8-10(9)2)6-7-15-13(16)11(3)14/h4-5,8,11H,6-7H2,1-3H3,(H,15,16). The number of alkyl halides is 1. The van der Waals surface area contributed by atoms with Crippen LogP contribution in [0.2, 0.25) is 0 Å². The summed E-state index contributed by atoms with van der Waals surface area (Å²) < 4.78 is 0. The molecule has 0 fully saturated rings. The van der Waals surface area contributed by atoms with Crippen molar-refractivity contribution in [3.8, 4) is 0 Å². The molecular formula is C13H18ClNO.